The number of nitrogens with one attached hydrogen (secondary N) is 1. The van der Waals surface area contributed by atoms with Gasteiger partial charge in [0.1, 0.15) is 0 Å². The third kappa shape index (κ3) is 3.80. The molecule has 2 heterocycles. The summed E-state index contributed by atoms with van der Waals surface area (Å²) in [7, 11) is 1.83. The Labute approximate surface area is 124 Å². The normalized spacial score (nSPS) is 10.5. The Bertz CT molecular complexity index is 580. The van der Waals surface area contributed by atoms with Crippen molar-refractivity contribution < 1.29 is 4.74 Å². The molecule has 0 unspecified atom stereocenters. The molecule has 0 aliphatic rings. The number of hydrogen-bond donors (Lipinski definition) is 1. The van der Waals surface area contributed by atoms with Gasteiger partial charge in [-0.3, -0.25) is 4.68 Å². The molecule has 0 amide bonds. The van der Waals surface area contributed by atoms with Gasteiger partial charge in [-0.05, 0) is 20.8 Å². The smallest absolute Gasteiger partial charge is 0.328 e. The lowest BCUT2D eigenvalue weighted by Gasteiger charge is -2.19. The van der Waals surface area contributed by atoms with Crippen molar-refractivity contribution >= 4 is 11.9 Å². The first-order chi connectivity index (χ1) is 10.2. The fourth-order valence-corrected chi connectivity index (χ4v) is 1.83. The van der Waals surface area contributed by atoms with E-state index >= 15 is 0 Å². The molecule has 0 fully saturated rings. The maximum atomic E-state index is 5.65. The molecule has 21 heavy (non-hydrogen) atoms. The quantitative estimate of drug-likeness (QED) is 0.831. The van der Waals surface area contributed by atoms with Crippen molar-refractivity contribution in [2.75, 3.05) is 29.9 Å². The number of ether oxygens (including phenoxy) is 1. The molecule has 0 aliphatic carbocycles. The molecule has 2 rings (SSSR count). The summed E-state index contributed by atoms with van der Waals surface area (Å²) in [5.74, 6) is 1.70. The maximum absolute atomic E-state index is 5.65. The van der Waals surface area contributed by atoms with Gasteiger partial charge < -0.3 is 15.0 Å². The van der Waals surface area contributed by atoms with Crippen LogP contribution in [0.15, 0.2) is 12.4 Å². The first kappa shape index (κ1) is 15.0. The highest BCUT2D eigenvalue weighted by atomic mass is 16.5. The Morgan fingerprint density at radius 1 is 1.19 bits per heavy atom. The Balaban J connectivity index is 2.30. The number of hydrogen-bond acceptors (Lipinski definition) is 7. The monoisotopic (exact) mass is 291 g/mol. The van der Waals surface area contributed by atoms with Gasteiger partial charge in [-0.2, -0.15) is 20.1 Å². The Kier molecular flexibility index (Phi) is 4.91. The highest BCUT2D eigenvalue weighted by Gasteiger charge is 2.12. The van der Waals surface area contributed by atoms with E-state index in [2.05, 4.69) is 39.2 Å². The van der Waals surface area contributed by atoms with Crippen LogP contribution in [-0.4, -0.2) is 44.4 Å². The first-order valence-electron chi connectivity index (χ1n) is 7.07. The van der Waals surface area contributed by atoms with Crippen LogP contribution in [0.3, 0.4) is 0 Å². The largest absolute Gasteiger partial charge is 0.421 e. The minimum atomic E-state index is 0.260. The van der Waals surface area contributed by atoms with Crippen LogP contribution >= 0.6 is 0 Å². The summed E-state index contributed by atoms with van der Waals surface area (Å²) in [6.07, 6.45) is 3.38. The molecule has 0 radical (unpaired) electrons. The highest BCUT2D eigenvalue weighted by molar-refractivity contribution is 5.38. The summed E-state index contributed by atoms with van der Waals surface area (Å²) < 4.78 is 7.31. The van der Waals surface area contributed by atoms with Gasteiger partial charge in [0.2, 0.25) is 11.9 Å². The molecule has 2 aromatic rings. The van der Waals surface area contributed by atoms with Crippen molar-refractivity contribution in [1.82, 2.24) is 24.7 Å². The van der Waals surface area contributed by atoms with Gasteiger partial charge in [-0.25, -0.2) is 0 Å². The van der Waals surface area contributed by atoms with Crippen molar-refractivity contribution in [2.45, 2.75) is 20.8 Å². The lowest BCUT2D eigenvalue weighted by Crippen LogP contribution is -2.25. The second-order valence-electron chi connectivity index (χ2n) is 4.40. The number of rotatable bonds is 7. The summed E-state index contributed by atoms with van der Waals surface area (Å²) in [5, 5.41) is 7.15. The molecular weight excluding hydrogens is 270 g/mol. The summed E-state index contributed by atoms with van der Waals surface area (Å²) in [4.78, 5) is 15.1. The zero-order valence-corrected chi connectivity index (χ0v) is 12.9. The molecule has 0 atom stereocenters. The van der Waals surface area contributed by atoms with E-state index in [4.69, 9.17) is 4.74 Å². The van der Waals surface area contributed by atoms with Crippen molar-refractivity contribution in [3.8, 4) is 11.8 Å². The zero-order chi connectivity index (χ0) is 15.2. The van der Waals surface area contributed by atoms with Gasteiger partial charge in [0, 0.05) is 26.7 Å². The van der Waals surface area contributed by atoms with Gasteiger partial charge in [-0.1, -0.05) is 0 Å². The molecule has 114 valence electrons. The summed E-state index contributed by atoms with van der Waals surface area (Å²) in [6.45, 7) is 8.47. The second-order valence-corrected chi connectivity index (χ2v) is 4.40. The topological polar surface area (TPSA) is 81.0 Å². The molecule has 1 N–H and O–H groups in total. The van der Waals surface area contributed by atoms with Crippen LogP contribution in [0.25, 0.3) is 0 Å². The van der Waals surface area contributed by atoms with Crippen molar-refractivity contribution in [3.63, 3.8) is 0 Å². The Hall–Kier alpha value is -2.38. The van der Waals surface area contributed by atoms with E-state index in [-0.39, 0.29) is 6.01 Å². The van der Waals surface area contributed by atoms with Crippen LogP contribution in [0, 0.1) is 0 Å². The van der Waals surface area contributed by atoms with E-state index in [1.165, 1.54) is 0 Å². The predicted molar refractivity (Wildman–Crippen MR) is 80.8 cm³/mol. The number of aromatic nitrogens is 5. The molecule has 8 heteroatoms. The van der Waals surface area contributed by atoms with E-state index in [9.17, 15) is 0 Å². The molecular formula is C13H21N7O. The predicted octanol–water partition coefficient (Wildman–Crippen LogP) is 1.68. The van der Waals surface area contributed by atoms with Crippen LogP contribution in [-0.2, 0) is 7.05 Å². The minimum absolute atomic E-state index is 0.260. The third-order valence-corrected chi connectivity index (χ3v) is 2.87. The van der Waals surface area contributed by atoms with E-state index < -0.39 is 0 Å². The van der Waals surface area contributed by atoms with Crippen LogP contribution in [0.2, 0.25) is 0 Å². The molecule has 0 aliphatic heterocycles. The van der Waals surface area contributed by atoms with E-state index in [1.807, 2.05) is 18.9 Å². The average molecular weight is 291 g/mol. The summed E-state index contributed by atoms with van der Waals surface area (Å²) in [6, 6.07) is 0.260. The fourth-order valence-electron chi connectivity index (χ4n) is 1.83. The summed E-state index contributed by atoms with van der Waals surface area (Å²) in [5.41, 5.74) is 0. The van der Waals surface area contributed by atoms with Gasteiger partial charge in [0.25, 0.3) is 0 Å². The first-order valence-corrected chi connectivity index (χ1v) is 7.07. The molecule has 0 aromatic carbocycles. The molecule has 0 saturated heterocycles. The second kappa shape index (κ2) is 6.87. The van der Waals surface area contributed by atoms with Gasteiger partial charge in [0.15, 0.2) is 5.75 Å². The highest BCUT2D eigenvalue weighted by Crippen LogP contribution is 2.20. The lowest BCUT2D eigenvalue weighted by molar-refractivity contribution is 0.439. The van der Waals surface area contributed by atoms with Crippen LogP contribution < -0.4 is 15.0 Å². The Morgan fingerprint density at radius 3 is 2.52 bits per heavy atom. The van der Waals surface area contributed by atoms with Crippen molar-refractivity contribution in [1.29, 1.82) is 0 Å². The van der Waals surface area contributed by atoms with Crippen molar-refractivity contribution in [3.05, 3.63) is 12.4 Å². The molecule has 8 nitrogen and oxygen atoms in total. The number of nitrogens with zero attached hydrogens (tertiary/aromatic N) is 6. The van der Waals surface area contributed by atoms with E-state index in [0.29, 0.717) is 17.6 Å². The molecule has 0 bridgehead atoms. The SMILES string of the molecule is CCNc1nc(Oc2cnn(C)c2)nc(N(CC)CC)n1. The zero-order valence-electron chi connectivity index (χ0n) is 12.9. The fraction of sp³-hybridized carbons (Fsp3) is 0.538. The van der Waals surface area contributed by atoms with Crippen LogP contribution in [0.5, 0.6) is 11.8 Å². The third-order valence-electron chi connectivity index (χ3n) is 2.87. The summed E-state index contributed by atoms with van der Waals surface area (Å²) >= 11 is 0. The van der Waals surface area contributed by atoms with Gasteiger partial charge in [0.05, 0.1) is 12.4 Å². The Morgan fingerprint density at radius 2 is 1.95 bits per heavy atom. The van der Waals surface area contributed by atoms with Crippen molar-refractivity contribution in [2.24, 2.45) is 7.05 Å². The van der Waals surface area contributed by atoms with Crippen LogP contribution in [0.1, 0.15) is 20.8 Å². The lowest BCUT2D eigenvalue weighted by atomic mass is 10.5. The minimum Gasteiger partial charge on any atom is -0.421 e. The van der Waals surface area contributed by atoms with Crippen LogP contribution in [0.4, 0.5) is 11.9 Å². The van der Waals surface area contributed by atoms with E-state index in [1.54, 1.807) is 17.1 Å². The molecule has 0 spiro atoms. The molecule has 0 saturated carbocycles. The molecule has 2 aromatic heterocycles. The standard InChI is InChI=1S/C13H21N7O/c1-5-14-11-16-12(20(6-2)7-3)18-13(17-11)21-10-8-15-19(4)9-10/h8-9H,5-7H2,1-4H3,(H,14,16,17,18). The number of anilines is 2. The van der Waals surface area contributed by atoms with Gasteiger partial charge >= 0.3 is 6.01 Å². The van der Waals surface area contributed by atoms with Gasteiger partial charge in [-0.15, -0.1) is 0 Å². The maximum Gasteiger partial charge on any atom is 0.328 e. The van der Waals surface area contributed by atoms with E-state index in [0.717, 1.165) is 19.6 Å². The number of aryl methyl sites for hydroxylation is 1. The average Bonchev–Trinajstić information content (AvgIpc) is 2.86.